The lowest BCUT2D eigenvalue weighted by atomic mass is 9.85. The van der Waals surface area contributed by atoms with Gasteiger partial charge in [0.1, 0.15) is 29.5 Å². The summed E-state index contributed by atoms with van der Waals surface area (Å²) in [5.41, 5.74) is 10.3. The Hall–Kier alpha value is -3.48. The van der Waals surface area contributed by atoms with E-state index < -0.39 is 5.82 Å². The van der Waals surface area contributed by atoms with Gasteiger partial charge in [0.05, 0.1) is 17.3 Å². The summed E-state index contributed by atoms with van der Waals surface area (Å²) >= 11 is 0. The third-order valence-corrected chi connectivity index (χ3v) is 5.31. The van der Waals surface area contributed by atoms with Crippen LogP contribution in [0, 0.1) is 18.2 Å². The van der Waals surface area contributed by atoms with E-state index in [2.05, 4.69) is 40.4 Å². The van der Waals surface area contributed by atoms with E-state index >= 15 is 0 Å². The zero-order chi connectivity index (χ0) is 20.5. The van der Waals surface area contributed by atoms with E-state index in [4.69, 9.17) is 11.1 Å². The Morgan fingerprint density at radius 3 is 2.90 bits per heavy atom. The van der Waals surface area contributed by atoms with Crippen LogP contribution in [0.1, 0.15) is 46.7 Å². The van der Waals surface area contributed by atoms with E-state index in [9.17, 15) is 9.50 Å². The van der Waals surface area contributed by atoms with Gasteiger partial charge in [-0.2, -0.15) is 0 Å². The molecule has 0 bridgehead atoms. The van der Waals surface area contributed by atoms with Crippen molar-refractivity contribution in [3.8, 4) is 5.75 Å². The van der Waals surface area contributed by atoms with Crippen molar-refractivity contribution in [1.82, 2.24) is 9.97 Å². The molecule has 1 aliphatic rings. The Bertz CT molecular complexity index is 1080. The van der Waals surface area contributed by atoms with Crippen LogP contribution in [0.2, 0.25) is 0 Å². The van der Waals surface area contributed by atoms with Gasteiger partial charge in [0.2, 0.25) is 0 Å². The quantitative estimate of drug-likeness (QED) is 0.501. The molecule has 29 heavy (non-hydrogen) atoms. The molecule has 6 nitrogen and oxygen atoms in total. The van der Waals surface area contributed by atoms with Crippen molar-refractivity contribution in [2.45, 2.75) is 32.2 Å². The number of fused-ring (bicyclic) bond motifs is 1. The van der Waals surface area contributed by atoms with E-state index in [0.717, 1.165) is 25.3 Å². The fourth-order valence-electron chi connectivity index (χ4n) is 4.03. The summed E-state index contributed by atoms with van der Waals surface area (Å²) < 4.78 is 13.8. The summed E-state index contributed by atoms with van der Waals surface area (Å²) in [5.74, 6) is -0.345. The van der Waals surface area contributed by atoms with Gasteiger partial charge in [-0.05, 0) is 55.0 Å². The first-order valence-corrected chi connectivity index (χ1v) is 9.48. The van der Waals surface area contributed by atoms with Crippen LogP contribution in [0.15, 0.2) is 42.7 Å². The molecule has 1 atom stereocenters. The van der Waals surface area contributed by atoms with Crippen molar-refractivity contribution in [3.05, 3.63) is 76.4 Å². The molecule has 5 N–H and O–H groups in total. The molecule has 4 rings (SSSR count). The molecule has 7 heteroatoms. The predicted octanol–water partition coefficient (Wildman–Crippen LogP) is 4.12. The van der Waals surface area contributed by atoms with Crippen LogP contribution in [0.3, 0.4) is 0 Å². The number of aryl methyl sites for hydroxylation is 2. The number of phenolic OH excluding ortho intramolecular Hbond substituents is 1. The van der Waals surface area contributed by atoms with Gasteiger partial charge in [-0.1, -0.05) is 18.2 Å². The molecule has 1 aliphatic carbocycles. The topological polar surface area (TPSA) is 108 Å². The Morgan fingerprint density at radius 2 is 2.10 bits per heavy atom. The van der Waals surface area contributed by atoms with E-state index in [1.807, 2.05) is 0 Å². The lowest BCUT2D eigenvalue weighted by Crippen LogP contribution is -2.22. The number of nitrogens with zero attached hydrogens (tertiary/aromatic N) is 2. The third kappa shape index (κ3) is 3.63. The molecule has 0 amide bonds. The highest BCUT2D eigenvalue weighted by Gasteiger charge is 2.25. The average molecular weight is 391 g/mol. The maximum Gasteiger partial charge on any atom is 0.141 e. The standard InChI is InChI=1S/C22H22FN5O/c1-12-4-2-5-13-6-3-7-17(18(12)13)28-22-19(21(25)26-11-27-22)20(24)14-8-15(23)10-16(29)9-14/h2,4-5,8-11,17,24,29H,3,6-7H2,1H3,(H3,25,26,27,28). The highest BCUT2D eigenvalue weighted by atomic mass is 19.1. The van der Waals surface area contributed by atoms with E-state index in [-0.39, 0.29) is 28.9 Å². The van der Waals surface area contributed by atoms with Crippen LogP contribution < -0.4 is 11.1 Å². The fraction of sp³-hybridized carbons (Fsp3) is 0.227. The van der Waals surface area contributed by atoms with Crippen LogP contribution in [-0.2, 0) is 6.42 Å². The minimum Gasteiger partial charge on any atom is -0.508 e. The van der Waals surface area contributed by atoms with Crippen LogP contribution >= 0.6 is 0 Å². The zero-order valence-corrected chi connectivity index (χ0v) is 16.0. The van der Waals surface area contributed by atoms with Gasteiger partial charge in [0, 0.05) is 11.6 Å². The number of nitrogens with one attached hydrogen (secondary N) is 2. The molecule has 1 aromatic heterocycles. The highest BCUT2D eigenvalue weighted by molar-refractivity contribution is 6.16. The molecule has 1 unspecified atom stereocenters. The maximum absolute atomic E-state index is 13.8. The van der Waals surface area contributed by atoms with Crippen LogP contribution in [0.25, 0.3) is 0 Å². The van der Waals surface area contributed by atoms with Gasteiger partial charge >= 0.3 is 0 Å². The number of nitrogen functional groups attached to an aromatic ring is 1. The van der Waals surface area contributed by atoms with Crippen molar-refractivity contribution >= 4 is 17.3 Å². The number of phenols is 1. The number of nitrogens with two attached hydrogens (primary N) is 1. The van der Waals surface area contributed by atoms with E-state index in [0.29, 0.717) is 11.4 Å². The van der Waals surface area contributed by atoms with E-state index in [1.54, 1.807) is 0 Å². The Morgan fingerprint density at radius 1 is 1.28 bits per heavy atom. The molecule has 148 valence electrons. The molecule has 0 fully saturated rings. The Labute approximate surface area is 168 Å². The average Bonchev–Trinajstić information content (AvgIpc) is 2.67. The third-order valence-electron chi connectivity index (χ3n) is 5.31. The predicted molar refractivity (Wildman–Crippen MR) is 111 cm³/mol. The Kier molecular flexibility index (Phi) is 4.88. The minimum atomic E-state index is -0.633. The van der Waals surface area contributed by atoms with Gasteiger partial charge in [0.15, 0.2) is 0 Å². The van der Waals surface area contributed by atoms with Gasteiger partial charge < -0.3 is 16.2 Å². The first kappa shape index (κ1) is 18.9. The van der Waals surface area contributed by atoms with Crippen molar-refractivity contribution in [3.63, 3.8) is 0 Å². The molecule has 0 radical (unpaired) electrons. The summed E-state index contributed by atoms with van der Waals surface area (Å²) in [7, 11) is 0. The summed E-state index contributed by atoms with van der Waals surface area (Å²) in [6.07, 6.45) is 4.35. The number of anilines is 2. The molecular weight excluding hydrogens is 369 g/mol. The van der Waals surface area contributed by atoms with Crippen LogP contribution in [0.5, 0.6) is 5.75 Å². The number of aromatic nitrogens is 2. The largest absolute Gasteiger partial charge is 0.508 e. The van der Waals surface area contributed by atoms with Crippen molar-refractivity contribution in [1.29, 1.82) is 5.41 Å². The van der Waals surface area contributed by atoms with Crippen LogP contribution in [-0.4, -0.2) is 20.8 Å². The van der Waals surface area contributed by atoms with Crippen molar-refractivity contribution in [2.24, 2.45) is 0 Å². The number of halogens is 1. The number of benzene rings is 2. The molecular formula is C22H22FN5O. The van der Waals surface area contributed by atoms with Crippen molar-refractivity contribution in [2.75, 3.05) is 11.1 Å². The van der Waals surface area contributed by atoms with Gasteiger partial charge in [-0.15, -0.1) is 0 Å². The second-order valence-corrected chi connectivity index (χ2v) is 7.29. The summed E-state index contributed by atoms with van der Waals surface area (Å²) in [6.45, 7) is 2.09. The van der Waals surface area contributed by atoms with E-state index in [1.165, 1.54) is 35.2 Å². The normalized spacial score (nSPS) is 15.6. The van der Waals surface area contributed by atoms with Gasteiger partial charge in [-0.25, -0.2) is 14.4 Å². The number of aromatic hydroxyl groups is 1. The molecule has 1 heterocycles. The maximum atomic E-state index is 13.8. The second kappa shape index (κ2) is 7.50. The molecule has 0 aliphatic heterocycles. The monoisotopic (exact) mass is 391 g/mol. The van der Waals surface area contributed by atoms with Crippen LogP contribution in [0.4, 0.5) is 16.0 Å². The summed E-state index contributed by atoms with van der Waals surface area (Å²) in [5, 5.41) is 21.7. The summed E-state index contributed by atoms with van der Waals surface area (Å²) in [6, 6.07) is 9.82. The molecule has 0 saturated heterocycles. The fourth-order valence-corrected chi connectivity index (χ4v) is 4.03. The summed E-state index contributed by atoms with van der Waals surface area (Å²) in [4.78, 5) is 8.34. The molecule has 0 saturated carbocycles. The highest BCUT2D eigenvalue weighted by Crippen LogP contribution is 2.36. The van der Waals surface area contributed by atoms with Gasteiger partial charge in [-0.3, -0.25) is 5.41 Å². The molecule has 0 spiro atoms. The van der Waals surface area contributed by atoms with Crippen molar-refractivity contribution < 1.29 is 9.50 Å². The molecule has 3 aromatic rings. The van der Waals surface area contributed by atoms with Gasteiger partial charge in [0.25, 0.3) is 0 Å². The molecule has 2 aromatic carbocycles. The second-order valence-electron chi connectivity index (χ2n) is 7.29. The number of hydrogen-bond donors (Lipinski definition) is 4. The smallest absolute Gasteiger partial charge is 0.141 e. The zero-order valence-electron chi connectivity index (χ0n) is 16.0. The first-order chi connectivity index (χ1) is 13.9. The lowest BCUT2D eigenvalue weighted by Gasteiger charge is -2.29. The SMILES string of the molecule is Cc1cccc2c1C(Nc1ncnc(N)c1C(=N)c1cc(O)cc(F)c1)CCC2. The number of rotatable bonds is 4. The number of hydrogen-bond acceptors (Lipinski definition) is 6. The first-order valence-electron chi connectivity index (χ1n) is 9.48. The Balaban J connectivity index is 1.74. The minimum absolute atomic E-state index is 0.0294. The lowest BCUT2D eigenvalue weighted by molar-refractivity contribution is 0.469.